The van der Waals surface area contributed by atoms with Crippen molar-refractivity contribution < 1.29 is 9.59 Å². The smallest absolute Gasteiger partial charge is 0.242 e. The lowest BCUT2D eigenvalue weighted by atomic mass is 9.89. The first-order chi connectivity index (χ1) is 15.1. The van der Waals surface area contributed by atoms with Crippen LogP contribution in [0, 0.1) is 6.92 Å². The standard InChI is InChI=1S/C25H28N4O2/c1-17-6-7-21-20(14-17)24(18-8-10-26-11-9-18)25(27-21)19-4-2-12-28(15-19)23(31)16-29-13-3-5-22(29)30/h6-11,14,19,27H,2-5,12-13,15-16H2,1H3. The summed E-state index contributed by atoms with van der Waals surface area (Å²) in [7, 11) is 0. The van der Waals surface area contributed by atoms with Crippen molar-refractivity contribution in [3.8, 4) is 11.1 Å². The van der Waals surface area contributed by atoms with Crippen LogP contribution in [-0.4, -0.2) is 57.8 Å². The Morgan fingerprint density at radius 3 is 2.77 bits per heavy atom. The van der Waals surface area contributed by atoms with Crippen LogP contribution in [0.4, 0.5) is 0 Å². The number of fused-ring (bicyclic) bond motifs is 1. The van der Waals surface area contributed by atoms with Gasteiger partial charge in [0.2, 0.25) is 11.8 Å². The number of aryl methyl sites for hydroxylation is 1. The maximum atomic E-state index is 13.0. The Morgan fingerprint density at radius 1 is 1.16 bits per heavy atom. The number of aromatic nitrogens is 2. The lowest BCUT2D eigenvalue weighted by Gasteiger charge is -2.34. The van der Waals surface area contributed by atoms with Gasteiger partial charge in [0.05, 0.1) is 6.54 Å². The van der Waals surface area contributed by atoms with E-state index in [0.29, 0.717) is 19.5 Å². The molecule has 6 nitrogen and oxygen atoms in total. The highest BCUT2D eigenvalue weighted by Gasteiger charge is 2.31. The third-order valence-corrected chi connectivity index (χ3v) is 6.63. The fourth-order valence-electron chi connectivity index (χ4n) is 5.04. The van der Waals surface area contributed by atoms with Crippen molar-refractivity contribution in [1.82, 2.24) is 19.8 Å². The van der Waals surface area contributed by atoms with Crippen LogP contribution in [0.15, 0.2) is 42.7 Å². The van der Waals surface area contributed by atoms with Gasteiger partial charge in [0.1, 0.15) is 0 Å². The molecule has 1 atom stereocenters. The van der Waals surface area contributed by atoms with Gasteiger partial charge in [0.15, 0.2) is 0 Å². The van der Waals surface area contributed by atoms with Crippen molar-refractivity contribution in [2.75, 3.05) is 26.2 Å². The van der Waals surface area contributed by atoms with Crippen molar-refractivity contribution >= 4 is 22.7 Å². The van der Waals surface area contributed by atoms with E-state index in [1.54, 1.807) is 4.90 Å². The van der Waals surface area contributed by atoms with E-state index in [1.165, 1.54) is 22.2 Å². The molecule has 0 spiro atoms. The molecule has 0 saturated carbocycles. The van der Waals surface area contributed by atoms with Crippen molar-refractivity contribution in [2.24, 2.45) is 0 Å². The Hall–Kier alpha value is -3.15. The molecule has 0 bridgehead atoms. The van der Waals surface area contributed by atoms with E-state index in [1.807, 2.05) is 17.3 Å². The highest BCUT2D eigenvalue weighted by Crippen LogP contribution is 2.39. The number of benzene rings is 1. The maximum Gasteiger partial charge on any atom is 0.242 e. The van der Waals surface area contributed by atoms with Crippen LogP contribution in [-0.2, 0) is 9.59 Å². The number of nitrogens with one attached hydrogen (secondary N) is 1. The topological polar surface area (TPSA) is 69.3 Å². The molecule has 3 aromatic rings. The normalized spacial score (nSPS) is 19.4. The molecule has 2 saturated heterocycles. The highest BCUT2D eigenvalue weighted by atomic mass is 16.2. The first-order valence-corrected chi connectivity index (χ1v) is 11.2. The summed E-state index contributed by atoms with van der Waals surface area (Å²) < 4.78 is 0. The number of piperidine rings is 1. The molecule has 4 heterocycles. The SMILES string of the molecule is Cc1ccc2[nH]c(C3CCCN(C(=O)CN4CCCC4=O)C3)c(-c3ccncc3)c2c1. The molecular formula is C25H28N4O2. The summed E-state index contributed by atoms with van der Waals surface area (Å²) in [6.07, 6.45) is 7.10. The average molecular weight is 417 g/mol. The van der Waals surface area contributed by atoms with Crippen molar-refractivity contribution in [2.45, 2.75) is 38.5 Å². The van der Waals surface area contributed by atoms with E-state index in [2.05, 4.69) is 47.2 Å². The van der Waals surface area contributed by atoms with E-state index >= 15 is 0 Å². The van der Waals surface area contributed by atoms with Gasteiger partial charge in [-0.15, -0.1) is 0 Å². The first-order valence-electron chi connectivity index (χ1n) is 11.2. The molecule has 2 aromatic heterocycles. The number of likely N-dealkylation sites (tertiary alicyclic amines) is 2. The summed E-state index contributed by atoms with van der Waals surface area (Å²) >= 11 is 0. The molecular weight excluding hydrogens is 388 g/mol. The minimum Gasteiger partial charge on any atom is -0.358 e. The number of pyridine rings is 1. The third kappa shape index (κ3) is 3.82. The zero-order chi connectivity index (χ0) is 21.4. The molecule has 160 valence electrons. The molecule has 5 rings (SSSR count). The predicted molar refractivity (Wildman–Crippen MR) is 121 cm³/mol. The van der Waals surface area contributed by atoms with Crippen LogP contribution in [0.25, 0.3) is 22.0 Å². The largest absolute Gasteiger partial charge is 0.358 e. The van der Waals surface area contributed by atoms with Crippen LogP contribution < -0.4 is 0 Å². The zero-order valence-corrected chi connectivity index (χ0v) is 17.9. The Bertz CT molecular complexity index is 1120. The summed E-state index contributed by atoms with van der Waals surface area (Å²) in [5.74, 6) is 0.410. The number of H-pyrrole nitrogens is 1. The summed E-state index contributed by atoms with van der Waals surface area (Å²) in [5.41, 5.74) is 5.91. The number of amides is 2. The fourth-order valence-corrected chi connectivity index (χ4v) is 5.04. The number of carbonyl (C=O) groups excluding carboxylic acids is 2. The van der Waals surface area contributed by atoms with Gasteiger partial charge in [-0.3, -0.25) is 14.6 Å². The zero-order valence-electron chi connectivity index (χ0n) is 17.9. The maximum absolute atomic E-state index is 13.0. The van der Waals surface area contributed by atoms with E-state index in [-0.39, 0.29) is 24.3 Å². The molecule has 2 amide bonds. The third-order valence-electron chi connectivity index (χ3n) is 6.63. The molecule has 2 aliphatic heterocycles. The first kappa shape index (κ1) is 19.8. The van der Waals surface area contributed by atoms with Gasteiger partial charge < -0.3 is 14.8 Å². The number of rotatable bonds is 4. The summed E-state index contributed by atoms with van der Waals surface area (Å²) in [6, 6.07) is 10.6. The summed E-state index contributed by atoms with van der Waals surface area (Å²) in [5, 5.41) is 1.22. The molecule has 31 heavy (non-hydrogen) atoms. The molecule has 0 aliphatic carbocycles. The monoisotopic (exact) mass is 416 g/mol. The van der Waals surface area contributed by atoms with Gasteiger partial charge in [-0.25, -0.2) is 0 Å². The minimum atomic E-state index is 0.0670. The number of nitrogens with zero attached hydrogens (tertiary/aromatic N) is 3. The number of hydrogen-bond donors (Lipinski definition) is 1. The number of hydrogen-bond acceptors (Lipinski definition) is 3. The van der Waals surface area contributed by atoms with Crippen LogP contribution in [0.1, 0.15) is 42.9 Å². The van der Waals surface area contributed by atoms with Crippen LogP contribution in [0.3, 0.4) is 0 Å². The van der Waals surface area contributed by atoms with Gasteiger partial charge in [-0.05, 0) is 56.0 Å². The minimum absolute atomic E-state index is 0.0670. The quantitative estimate of drug-likeness (QED) is 0.702. The van der Waals surface area contributed by atoms with E-state index in [4.69, 9.17) is 0 Å². The summed E-state index contributed by atoms with van der Waals surface area (Å²) in [4.78, 5) is 36.4. The molecule has 2 aliphatic rings. The molecule has 0 radical (unpaired) electrons. The van der Waals surface area contributed by atoms with Gasteiger partial charge in [0, 0.05) is 66.5 Å². The molecule has 6 heteroatoms. The Morgan fingerprint density at radius 2 is 2.00 bits per heavy atom. The van der Waals surface area contributed by atoms with Crippen molar-refractivity contribution in [3.63, 3.8) is 0 Å². The van der Waals surface area contributed by atoms with Gasteiger partial charge in [-0.1, -0.05) is 11.6 Å². The van der Waals surface area contributed by atoms with Gasteiger partial charge in [-0.2, -0.15) is 0 Å². The van der Waals surface area contributed by atoms with E-state index < -0.39 is 0 Å². The van der Waals surface area contributed by atoms with Gasteiger partial charge in [0.25, 0.3) is 0 Å². The van der Waals surface area contributed by atoms with E-state index in [9.17, 15) is 9.59 Å². The van der Waals surface area contributed by atoms with E-state index in [0.717, 1.165) is 36.9 Å². The van der Waals surface area contributed by atoms with Crippen LogP contribution >= 0.6 is 0 Å². The second-order valence-corrected chi connectivity index (χ2v) is 8.80. The highest BCUT2D eigenvalue weighted by molar-refractivity contribution is 5.98. The Balaban J connectivity index is 1.46. The fraction of sp³-hybridized carbons (Fsp3) is 0.400. The number of carbonyl (C=O) groups is 2. The summed E-state index contributed by atoms with van der Waals surface area (Å²) in [6.45, 7) is 4.49. The van der Waals surface area contributed by atoms with Crippen LogP contribution in [0.5, 0.6) is 0 Å². The number of aromatic amines is 1. The molecule has 2 fully saturated rings. The van der Waals surface area contributed by atoms with Gasteiger partial charge >= 0.3 is 0 Å². The Labute approximate surface area is 182 Å². The van der Waals surface area contributed by atoms with Crippen molar-refractivity contribution in [3.05, 3.63) is 54.0 Å². The lowest BCUT2D eigenvalue weighted by molar-refractivity contribution is -0.139. The predicted octanol–water partition coefficient (Wildman–Crippen LogP) is 3.87. The second kappa shape index (κ2) is 8.17. The lowest BCUT2D eigenvalue weighted by Crippen LogP contribution is -2.45. The van der Waals surface area contributed by atoms with Crippen molar-refractivity contribution in [1.29, 1.82) is 0 Å². The average Bonchev–Trinajstić information content (AvgIpc) is 3.37. The second-order valence-electron chi connectivity index (χ2n) is 8.80. The van der Waals surface area contributed by atoms with Crippen LogP contribution in [0.2, 0.25) is 0 Å². The molecule has 1 unspecified atom stereocenters. The Kier molecular flexibility index (Phi) is 5.22. The molecule has 1 aromatic carbocycles. The molecule has 1 N–H and O–H groups in total.